The maximum atomic E-state index is 13.7. The molecule has 0 aliphatic carbocycles. The van der Waals surface area contributed by atoms with Gasteiger partial charge in [0, 0.05) is 43.2 Å². The summed E-state index contributed by atoms with van der Waals surface area (Å²) < 4.78 is 13.5. The van der Waals surface area contributed by atoms with Crippen LogP contribution in [0.5, 0.6) is 5.75 Å². The second kappa shape index (κ2) is 17.7. The topological polar surface area (TPSA) is 93.5 Å². The van der Waals surface area contributed by atoms with Crippen LogP contribution in [-0.4, -0.2) is 53.6 Å². The number of anilines is 3. The number of hydrogen-bond donors (Lipinski definition) is 2. The van der Waals surface area contributed by atoms with Gasteiger partial charge in [-0.15, -0.1) is 10.2 Å². The molecule has 5 rings (SSSR count). The Balaban J connectivity index is 1.27. The van der Waals surface area contributed by atoms with E-state index in [1.54, 1.807) is 6.33 Å². The minimum atomic E-state index is -0.0745. The van der Waals surface area contributed by atoms with Crippen LogP contribution < -0.4 is 20.3 Å². The number of nitrogens with zero attached hydrogens (tertiary/aromatic N) is 4. The number of hydrogen-bond acceptors (Lipinski definition) is 7. The molecule has 1 aromatic heterocycles. The highest BCUT2D eigenvalue weighted by molar-refractivity contribution is 6.07. The molecule has 0 bridgehead atoms. The fraction of sp³-hybridized carbons (Fsp3) is 0.425. The quantitative estimate of drug-likeness (QED) is 0.109. The lowest BCUT2D eigenvalue weighted by atomic mass is 10.00. The SMILES string of the molecule is CCCCOCCOc1ccc(-c2ccc3c(c2)C=C(C(=O)Nc2ccc(C(C)Nc4nncn4CCC)cc2)CCN3CC(C)C)cc1. The summed E-state index contributed by atoms with van der Waals surface area (Å²) in [6.07, 6.45) is 7.69. The fourth-order valence-electron chi connectivity index (χ4n) is 6.01. The van der Waals surface area contributed by atoms with E-state index in [9.17, 15) is 4.79 Å². The lowest BCUT2D eigenvalue weighted by molar-refractivity contribution is -0.112. The van der Waals surface area contributed by atoms with Crippen molar-refractivity contribution >= 4 is 29.3 Å². The number of carbonyl (C=O) groups is 1. The standard InChI is InChI=1S/C40H52N6O3/c1-6-8-22-48-23-24-49-37-16-11-32(12-17-37)33-13-18-38-35(25-33)26-34(19-21-45(38)27-29(3)4)39(47)43-36-14-9-31(10-15-36)30(5)42-40-44-41-28-46(40)20-7-2/h9-18,25-26,28-30H,6-8,19-24,27H2,1-5H3,(H,42,44)(H,43,47). The number of aromatic nitrogens is 3. The lowest BCUT2D eigenvalue weighted by Gasteiger charge is -2.27. The van der Waals surface area contributed by atoms with Crippen LogP contribution in [0.3, 0.4) is 0 Å². The molecule has 1 unspecified atom stereocenters. The van der Waals surface area contributed by atoms with E-state index in [2.05, 4.69) is 96.8 Å². The van der Waals surface area contributed by atoms with E-state index >= 15 is 0 Å². The Bertz CT molecular complexity index is 1660. The highest BCUT2D eigenvalue weighted by Crippen LogP contribution is 2.34. The molecule has 0 radical (unpaired) electrons. The van der Waals surface area contributed by atoms with Crippen LogP contribution in [-0.2, 0) is 16.1 Å². The van der Waals surface area contributed by atoms with E-state index in [0.29, 0.717) is 25.6 Å². The second-order valence-corrected chi connectivity index (χ2v) is 13.2. The zero-order valence-corrected chi connectivity index (χ0v) is 29.7. The van der Waals surface area contributed by atoms with Crippen molar-refractivity contribution in [2.24, 2.45) is 5.92 Å². The molecule has 4 aromatic rings. The van der Waals surface area contributed by atoms with Crippen molar-refractivity contribution in [1.29, 1.82) is 0 Å². The Morgan fingerprint density at radius 3 is 2.43 bits per heavy atom. The van der Waals surface area contributed by atoms with Gasteiger partial charge in [0.05, 0.1) is 12.6 Å². The van der Waals surface area contributed by atoms with Gasteiger partial charge in [-0.2, -0.15) is 0 Å². The molecule has 1 aliphatic rings. The van der Waals surface area contributed by atoms with Crippen molar-refractivity contribution in [1.82, 2.24) is 14.8 Å². The van der Waals surface area contributed by atoms with Crippen molar-refractivity contribution in [3.05, 3.63) is 89.8 Å². The van der Waals surface area contributed by atoms with E-state index in [1.165, 1.54) is 0 Å². The molecule has 1 aliphatic heterocycles. The highest BCUT2D eigenvalue weighted by Gasteiger charge is 2.21. The molecule has 0 saturated heterocycles. The average molecular weight is 665 g/mol. The molecule has 9 heteroatoms. The Hall–Kier alpha value is -4.63. The fourth-order valence-corrected chi connectivity index (χ4v) is 6.01. The zero-order valence-electron chi connectivity index (χ0n) is 29.7. The van der Waals surface area contributed by atoms with Crippen LogP contribution in [0.2, 0.25) is 0 Å². The smallest absolute Gasteiger partial charge is 0.251 e. The number of aryl methyl sites for hydroxylation is 1. The van der Waals surface area contributed by atoms with Crippen LogP contribution in [0.15, 0.2) is 78.6 Å². The first-order valence-electron chi connectivity index (χ1n) is 17.8. The molecular formula is C40H52N6O3. The van der Waals surface area contributed by atoms with Gasteiger partial charge >= 0.3 is 0 Å². The molecule has 2 N–H and O–H groups in total. The van der Waals surface area contributed by atoms with Crippen LogP contribution >= 0.6 is 0 Å². The van der Waals surface area contributed by atoms with Crippen LogP contribution in [0, 0.1) is 5.92 Å². The predicted molar refractivity (Wildman–Crippen MR) is 200 cm³/mol. The molecule has 0 saturated carbocycles. The Morgan fingerprint density at radius 2 is 1.69 bits per heavy atom. The third-order valence-electron chi connectivity index (χ3n) is 8.65. The molecule has 3 aromatic carbocycles. The van der Waals surface area contributed by atoms with Gasteiger partial charge in [-0.25, -0.2) is 0 Å². The molecular weight excluding hydrogens is 612 g/mol. The normalized spacial score (nSPS) is 13.4. The van der Waals surface area contributed by atoms with Crippen molar-refractivity contribution in [3.63, 3.8) is 0 Å². The summed E-state index contributed by atoms with van der Waals surface area (Å²) in [5.74, 6) is 2.00. The number of nitrogens with one attached hydrogen (secondary N) is 2. The number of fused-ring (bicyclic) bond motifs is 1. The largest absolute Gasteiger partial charge is 0.491 e. The van der Waals surface area contributed by atoms with Gasteiger partial charge in [0.1, 0.15) is 18.7 Å². The van der Waals surface area contributed by atoms with Gasteiger partial charge in [-0.3, -0.25) is 4.79 Å². The first kappa shape index (κ1) is 35.7. The summed E-state index contributed by atoms with van der Waals surface area (Å²) in [6.45, 7) is 15.3. The number of unbranched alkanes of at least 4 members (excludes halogenated alkanes) is 1. The Morgan fingerprint density at radius 1 is 0.918 bits per heavy atom. The van der Waals surface area contributed by atoms with Crippen molar-refractivity contribution in [2.45, 2.75) is 72.9 Å². The van der Waals surface area contributed by atoms with Crippen molar-refractivity contribution in [3.8, 4) is 16.9 Å². The van der Waals surface area contributed by atoms with Gasteiger partial charge in [0.2, 0.25) is 5.95 Å². The second-order valence-electron chi connectivity index (χ2n) is 13.2. The molecule has 260 valence electrons. The van der Waals surface area contributed by atoms with Crippen LogP contribution in [0.25, 0.3) is 17.2 Å². The monoisotopic (exact) mass is 664 g/mol. The Kier molecular flexibility index (Phi) is 12.9. The van der Waals surface area contributed by atoms with E-state index in [-0.39, 0.29) is 11.9 Å². The molecule has 0 fully saturated rings. The number of benzene rings is 3. The third-order valence-corrected chi connectivity index (χ3v) is 8.65. The molecule has 1 atom stereocenters. The minimum absolute atomic E-state index is 0.0328. The first-order valence-corrected chi connectivity index (χ1v) is 17.8. The van der Waals surface area contributed by atoms with E-state index in [0.717, 1.165) is 96.4 Å². The summed E-state index contributed by atoms with van der Waals surface area (Å²) in [5, 5.41) is 14.9. The van der Waals surface area contributed by atoms with Gasteiger partial charge in [-0.1, -0.05) is 64.4 Å². The maximum absolute atomic E-state index is 13.7. The summed E-state index contributed by atoms with van der Waals surface area (Å²) in [5.41, 5.74) is 7.04. The number of rotatable bonds is 17. The van der Waals surface area contributed by atoms with Crippen molar-refractivity contribution in [2.75, 3.05) is 48.4 Å². The summed E-state index contributed by atoms with van der Waals surface area (Å²) in [4.78, 5) is 16.1. The summed E-state index contributed by atoms with van der Waals surface area (Å²) in [6, 6.07) is 22.8. The average Bonchev–Trinajstić information content (AvgIpc) is 3.45. The maximum Gasteiger partial charge on any atom is 0.251 e. The third kappa shape index (κ3) is 9.95. The van der Waals surface area contributed by atoms with Gasteiger partial charge in [0.25, 0.3) is 5.91 Å². The number of carbonyl (C=O) groups excluding carboxylic acids is 1. The van der Waals surface area contributed by atoms with Crippen LogP contribution in [0.1, 0.15) is 77.5 Å². The summed E-state index contributed by atoms with van der Waals surface area (Å²) >= 11 is 0. The predicted octanol–water partition coefficient (Wildman–Crippen LogP) is 8.61. The molecule has 0 spiro atoms. The van der Waals surface area contributed by atoms with Crippen molar-refractivity contribution < 1.29 is 14.3 Å². The van der Waals surface area contributed by atoms with Gasteiger partial charge in [0.15, 0.2) is 0 Å². The molecule has 1 amide bonds. The molecule has 9 nitrogen and oxygen atoms in total. The lowest BCUT2D eigenvalue weighted by Crippen LogP contribution is -2.29. The zero-order chi connectivity index (χ0) is 34.6. The van der Waals surface area contributed by atoms with Crippen LogP contribution in [0.4, 0.5) is 17.3 Å². The number of amides is 1. The van der Waals surface area contributed by atoms with E-state index in [1.807, 2.05) is 41.0 Å². The molecule has 49 heavy (non-hydrogen) atoms. The van der Waals surface area contributed by atoms with E-state index < -0.39 is 0 Å². The number of ether oxygens (including phenoxy) is 2. The summed E-state index contributed by atoms with van der Waals surface area (Å²) in [7, 11) is 0. The Labute approximate surface area is 291 Å². The van der Waals surface area contributed by atoms with Gasteiger partial charge in [-0.05, 0) is 96.8 Å². The van der Waals surface area contributed by atoms with Gasteiger partial charge < -0.3 is 29.6 Å². The first-order chi connectivity index (χ1) is 23.8. The van der Waals surface area contributed by atoms with E-state index in [4.69, 9.17) is 9.47 Å². The minimum Gasteiger partial charge on any atom is -0.491 e. The molecule has 2 heterocycles. The highest BCUT2D eigenvalue weighted by atomic mass is 16.5.